The molecule has 84 valence electrons. The van der Waals surface area contributed by atoms with E-state index in [4.69, 9.17) is 0 Å². The van der Waals surface area contributed by atoms with Gasteiger partial charge in [-0.05, 0) is 38.0 Å². The van der Waals surface area contributed by atoms with Gasteiger partial charge < -0.3 is 0 Å². The molecule has 0 fully saturated rings. The molecule has 0 bridgehead atoms. The van der Waals surface area contributed by atoms with Gasteiger partial charge in [-0.25, -0.2) is 0 Å². The van der Waals surface area contributed by atoms with Crippen molar-refractivity contribution < 1.29 is 0 Å². The second-order valence-corrected chi connectivity index (χ2v) is 3.46. The summed E-state index contributed by atoms with van der Waals surface area (Å²) in [6, 6.07) is 0. The molecule has 0 atom stereocenters. The Morgan fingerprint density at radius 1 is 1.38 bits per heavy atom. The largest absolute Gasteiger partial charge is 0.290 e. The summed E-state index contributed by atoms with van der Waals surface area (Å²) >= 11 is 0. The van der Waals surface area contributed by atoms with Crippen molar-refractivity contribution in [2.75, 3.05) is 6.54 Å². The molecule has 0 aromatic carbocycles. The van der Waals surface area contributed by atoms with Crippen molar-refractivity contribution in [1.82, 2.24) is 0 Å². The Bertz CT molecular complexity index is 380. The normalized spacial score (nSPS) is 25.1. The van der Waals surface area contributed by atoms with Crippen LogP contribution in [0.15, 0.2) is 58.2 Å². The molecule has 0 saturated carbocycles. The second kappa shape index (κ2) is 7.57. The van der Waals surface area contributed by atoms with Crippen LogP contribution in [0.4, 0.5) is 0 Å². The quantitative estimate of drug-likeness (QED) is 0.629. The molecule has 0 unspecified atom stereocenters. The van der Waals surface area contributed by atoms with E-state index < -0.39 is 0 Å². The molecule has 1 heterocycles. The van der Waals surface area contributed by atoms with Crippen molar-refractivity contribution >= 4 is 11.9 Å². The molecule has 1 aliphatic heterocycles. The molecule has 0 aromatic heterocycles. The molecular formula is C14H18N2. The molecule has 1 rings (SSSR count). The first-order valence-electron chi connectivity index (χ1n) is 5.53. The molecule has 0 saturated heterocycles. The Hall–Kier alpha value is -1.70. The van der Waals surface area contributed by atoms with E-state index in [0.29, 0.717) is 0 Å². The monoisotopic (exact) mass is 214 g/mol. The van der Waals surface area contributed by atoms with Gasteiger partial charge in [0, 0.05) is 24.7 Å². The van der Waals surface area contributed by atoms with Crippen LogP contribution in [0.2, 0.25) is 0 Å². The van der Waals surface area contributed by atoms with Gasteiger partial charge in [-0.3, -0.25) is 9.98 Å². The lowest BCUT2D eigenvalue weighted by Crippen LogP contribution is -1.89. The number of rotatable bonds is 2. The van der Waals surface area contributed by atoms with E-state index >= 15 is 0 Å². The Morgan fingerprint density at radius 2 is 2.25 bits per heavy atom. The van der Waals surface area contributed by atoms with Crippen LogP contribution >= 0.6 is 0 Å². The van der Waals surface area contributed by atoms with E-state index in [-0.39, 0.29) is 0 Å². The zero-order valence-electron chi connectivity index (χ0n) is 9.93. The SMILES string of the molecule is CC=N\C=C/C1=C/C=C/CCN=C(C)/C=C\1. The van der Waals surface area contributed by atoms with Gasteiger partial charge in [0.15, 0.2) is 0 Å². The van der Waals surface area contributed by atoms with Gasteiger partial charge in [-0.15, -0.1) is 0 Å². The Morgan fingerprint density at radius 3 is 3.06 bits per heavy atom. The zero-order valence-corrected chi connectivity index (χ0v) is 9.93. The van der Waals surface area contributed by atoms with Crippen molar-refractivity contribution in [3.8, 4) is 0 Å². The highest BCUT2D eigenvalue weighted by Crippen LogP contribution is 2.03. The van der Waals surface area contributed by atoms with Gasteiger partial charge in [0.1, 0.15) is 0 Å². The number of allylic oxidation sites excluding steroid dienone is 6. The van der Waals surface area contributed by atoms with E-state index in [2.05, 4.69) is 34.3 Å². The minimum atomic E-state index is 0.867. The predicted octanol–water partition coefficient (Wildman–Crippen LogP) is 3.49. The topological polar surface area (TPSA) is 24.7 Å². The lowest BCUT2D eigenvalue weighted by atomic mass is 10.2. The summed E-state index contributed by atoms with van der Waals surface area (Å²) in [5.41, 5.74) is 2.19. The van der Waals surface area contributed by atoms with Gasteiger partial charge in [0.05, 0.1) is 0 Å². The highest BCUT2D eigenvalue weighted by Gasteiger charge is 1.89. The van der Waals surface area contributed by atoms with E-state index in [0.717, 1.165) is 24.3 Å². The van der Waals surface area contributed by atoms with Gasteiger partial charge in [0.25, 0.3) is 0 Å². The number of hydrogen-bond acceptors (Lipinski definition) is 2. The summed E-state index contributed by atoms with van der Waals surface area (Å²) in [6.07, 6.45) is 16.9. The Balaban J connectivity index is 2.82. The summed E-state index contributed by atoms with van der Waals surface area (Å²) in [4.78, 5) is 8.46. The fourth-order valence-corrected chi connectivity index (χ4v) is 1.24. The van der Waals surface area contributed by atoms with Crippen LogP contribution in [0.3, 0.4) is 0 Å². The van der Waals surface area contributed by atoms with Crippen molar-refractivity contribution in [2.45, 2.75) is 20.3 Å². The summed E-state index contributed by atoms with van der Waals surface area (Å²) in [5, 5.41) is 0. The lowest BCUT2D eigenvalue weighted by molar-refractivity contribution is 1.01. The van der Waals surface area contributed by atoms with Gasteiger partial charge in [-0.1, -0.05) is 24.3 Å². The third-order valence-corrected chi connectivity index (χ3v) is 2.10. The minimum Gasteiger partial charge on any atom is -0.290 e. The Kier molecular flexibility index (Phi) is 5.86. The van der Waals surface area contributed by atoms with Crippen LogP contribution in [-0.4, -0.2) is 18.5 Å². The summed E-state index contributed by atoms with van der Waals surface area (Å²) in [5.74, 6) is 0. The number of aliphatic imine (C=N–C) groups is 2. The molecule has 2 nitrogen and oxygen atoms in total. The summed E-state index contributed by atoms with van der Waals surface area (Å²) in [6.45, 7) is 4.79. The van der Waals surface area contributed by atoms with Crippen LogP contribution in [0.5, 0.6) is 0 Å². The number of hydrogen-bond donors (Lipinski definition) is 0. The minimum absolute atomic E-state index is 0.867. The smallest absolute Gasteiger partial charge is 0.0427 e. The first-order chi connectivity index (χ1) is 7.83. The number of nitrogens with zero attached hydrogens (tertiary/aromatic N) is 2. The first kappa shape index (κ1) is 12.4. The van der Waals surface area contributed by atoms with Gasteiger partial charge >= 0.3 is 0 Å². The van der Waals surface area contributed by atoms with E-state index in [1.165, 1.54) is 0 Å². The molecule has 0 aromatic rings. The van der Waals surface area contributed by atoms with E-state index in [1.807, 2.05) is 26.0 Å². The van der Waals surface area contributed by atoms with Crippen LogP contribution in [-0.2, 0) is 0 Å². The highest BCUT2D eigenvalue weighted by molar-refractivity contribution is 5.93. The van der Waals surface area contributed by atoms with Crippen molar-refractivity contribution in [1.29, 1.82) is 0 Å². The molecule has 0 radical (unpaired) electrons. The van der Waals surface area contributed by atoms with Crippen LogP contribution < -0.4 is 0 Å². The average molecular weight is 214 g/mol. The second-order valence-electron chi connectivity index (χ2n) is 3.46. The van der Waals surface area contributed by atoms with E-state index in [9.17, 15) is 0 Å². The van der Waals surface area contributed by atoms with Crippen LogP contribution in [0.1, 0.15) is 20.3 Å². The molecule has 0 spiro atoms. The maximum absolute atomic E-state index is 4.41. The summed E-state index contributed by atoms with van der Waals surface area (Å²) in [7, 11) is 0. The third-order valence-electron chi connectivity index (χ3n) is 2.10. The third kappa shape index (κ3) is 5.25. The molecule has 0 aliphatic carbocycles. The molecule has 1 aliphatic rings. The fourth-order valence-electron chi connectivity index (χ4n) is 1.24. The Labute approximate surface area is 97.5 Å². The van der Waals surface area contributed by atoms with Crippen LogP contribution in [0, 0.1) is 0 Å². The summed E-state index contributed by atoms with van der Waals surface area (Å²) < 4.78 is 0. The first-order valence-corrected chi connectivity index (χ1v) is 5.53. The maximum atomic E-state index is 4.41. The molecular weight excluding hydrogens is 196 g/mol. The predicted molar refractivity (Wildman–Crippen MR) is 72.3 cm³/mol. The molecule has 0 N–H and O–H groups in total. The molecule has 0 amide bonds. The lowest BCUT2D eigenvalue weighted by Gasteiger charge is -1.96. The van der Waals surface area contributed by atoms with Crippen molar-refractivity contribution in [3.63, 3.8) is 0 Å². The van der Waals surface area contributed by atoms with Crippen molar-refractivity contribution in [3.05, 3.63) is 48.2 Å². The highest BCUT2D eigenvalue weighted by atomic mass is 14.7. The molecule has 2 heteroatoms. The standard InChI is InChI=1S/C14H18N2/c1-3-15-12-10-14-7-5-4-6-11-16-13(2)8-9-14/h3-5,7-10,12H,6,11H2,1-2H3/b5-4+,9-8-,12-10-,14-7+,15-3?,16-13?. The molecule has 16 heavy (non-hydrogen) atoms. The fraction of sp³-hybridized carbons (Fsp3) is 0.286. The zero-order chi connectivity index (χ0) is 11.6. The van der Waals surface area contributed by atoms with Crippen LogP contribution in [0.25, 0.3) is 0 Å². The van der Waals surface area contributed by atoms with Crippen molar-refractivity contribution in [2.24, 2.45) is 9.98 Å². The van der Waals surface area contributed by atoms with Gasteiger partial charge in [-0.2, -0.15) is 0 Å². The average Bonchev–Trinajstić information content (AvgIpc) is 2.30. The van der Waals surface area contributed by atoms with Gasteiger partial charge in [0.2, 0.25) is 0 Å². The maximum Gasteiger partial charge on any atom is 0.0427 e. The van der Waals surface area contributed by atoms with E-state index in [1.54, 1.807) is 12.4 Å².